The quantitative estimate of drug-likeness (QED) is 0.782. The summed E-state index contributed by atoms with van der Waals surface area (Å²) in [6.07, 6.45) is 1.66. The number of nitrogens with two attached hydrogens (primary N) is 1. The fourth-order valence-corrected chi connectivity index (χ4v) is 3.56. The Balaban J connectivity index is 3.14. The molecule has 0 atom stereocenters. The largest absolute Gasteiger partial charge is 0.383 e. The Kier molecular flexibility index (Phi) is 6.19. The topological polar surface area (TPSA) is 77.6 Å². The van der Waals surface area contributed by atoms with Gasteiger partial charge in [-0.2, -0.15) is 4.31 Å². The molecule has 0 aliphatic carbocycles. The van der Waals surface area contributed by atoms with Crippen LogP contribution in [0, 0.1) is 0 Å². The lowest BCUT2D eigenvalue weighted by Crippen LogP contribution is -2.33. The first kappa shape index (κ1) is 17.2. The Bertz CT molecular complexity index is 523. The molecule has 0 unspecified atom stereocenters. The second-order valence-electron chi connectivity index (χ2n) is 4.86. The van der Waals surface area contributed by atoms with Crippen LogP contribution in [-0.2, 0) is 21.3 Å². The highest BCUT2D eigenvalue weighted by atomic mass is 32.2. The SMILES string of the molecule is CCN(CCOC)S(=O)(=O)c1cc(CN)n(C(C)C)c1. The number of nitrogens with zero attached hydrogens (tertiary/aromatic N) is 2. The predicted octanol–water partition coefficient (Wildman–Crippen LogP) is 1.18. The molecule has 0 amide bonds. The Morgan fingerprint density at radius 1 is 1.45 bits per heavy atom. The first-order chi connectivity index (χ1) is 9.38. The molecule has 6 nitrogen and oxygen atoms in total. The van der Waals surface area contributed by atoms with Gasteiger partial charge in [-0.25, -0.2) is 8.42 Å². The summed E-state index contributed by atoms with van der Waals surface area (Å²) in [5, 5.41) is 0. The smallest absolute Gasteiger partial charge is 0.244 e. The highest BCUT2D eigenvalue weighted by Crippen LogP contribution is 2.21. The van der Waals surface area contributed by atoms with Crippen LogP contribution in [-0.4, -0.2) is 44.1 Å². The molecule has 0 aliphatic rings. The van der Waals surface area contributed by atoms with Gasteiger partial charge >= 0.3 is 0 Å². The summed E-state index contributed by atoms with van der Waals surface area (Å²) in [5.74, 6) is 0. The Hall–Kier alpha value is -0.890. The number of ether oxygens (including phenoxy) is 1. The number of rotatable bonds is 8. The molecule has 0 spiro atoms. The van der Waals surface area contributed by atoms with Crippen LogP contribution in [0.4, 0.5) is 0 Å². The Labute approximate surface area is 121 Å². The zero-order chi connectivity index (χ0) is 15.3. The van der Waals surface area contributed by atoms with Gasteiger partial charge in [0.15, 0.2) is 0 Å². The van der Waals surface area contributed by atoms with Crippen molar-refractivity contribution < 1.29 is 13.2 Å². The van der Waals surface area contributed by atoms with Crippen molar-refractivity contribution in [3.63, 3.8) is 0 Å². The summed E-state index contributed by atoms with van der Waals surface area (Å²) < 4.78 is 33.5. The number of hydrogen-bond donors (Lipinski definition) is 1. The number of aromatic nitrogens is 1. The van der Waals surface area contributed by atoms with Crippen molar-refractivity contribution in [2.24, 2.45) is 5.73 Å². The van der Waals surface area contributed by atoms with Gasteiger partial charge in [0, 0.05) is 44.7 Å². The van der Waals surface area contributed by atoms with E-state index < -0.39 is 10.0 Å². The molecule has 7 heteroatoms. The van der Waals surface area contributed by atoms with E-state index in [1.807, 2.05) is 25.3 Å². The van der Waals surface area contributed by atoms with E-state index in [1.165, 1.54) is 4.31 Å². The van der Waals surface area contributed by atoms with Crippen molar-refractivity contribution in [2.45, 2.75) is 38.3 Å². The minimum absolute atomic E-state index is 0.173. The molecule has 116 valence electrons. The zero-order valence-electron chi connectivity index (χ0n) is 12.7. The van der Waals surface area contributed by atoms with Gasteiger partial charge in [-0.15, -0.1) is 0 Å². The van der Waals surface area contributed by atoms with Gasteiger partial charge < -0.3 is 15.0 Å². The molecule has 0 aromatic carbocycles. The van der Waals surface area contributed by atoms with E-state index >= 15 is 0 Å². The summed E-state index contributed by atoms with van der Waals surface area (Å²) in [5.41, 5.74) is 6.51. The lowest BCUT2D eigenvalue weighted by molar-refractivity contribution is 0.180. The molecule has 20 heavy (non-hydrogen) atoms. The molecule has 1 heterocycles. The van der Waals surface area contributed by atoms with E-state index in [0.29, 0.717) is 31.1 Å². The summed E-state index contributed by atoms with van der Waals surface area (Å²) in [4.78, 5) is 0.296. The molecule has 1 aromatic rings. The summed E-state index contributed by atoms with van der Waals surface area (Å²) in [6, 6.07) is 1.83. The van der Waals surface area contributed by atoms with E-state index in [-0.39, 0.29) is 6.04 Å². The normalized spacial score (nSPS) is 12.6. The fraction of sp³-hybridized carbons (Fsp3) is 0.692. The van der Waals surface area contributed by atoms with Crippen LogP contribution in [0.25, 0.3) is 0 Å². The minimum atomic E-state index is -3.49. The lowest BCUT2D eigenvalue weighted by Gasteiger charge is -2.19. The second kappa shape index (κ2) is 7.21. The van der Waals surface area contributed by atoms with E-state index in [2.05, 4.69) is 0 Å². The molecule has 0 bridgehead atoms. The molecule has 0 aliphatic heterocycles. The molecule has 1 aromatic heterocycles. The maximum absolute atomic E-state index is 12.6. The van der Waals surface area contributed by atoms with Crippen LogP contribution < -0.4 is 5.73 Å². The standard InChI is InChI=1S/C13H25N3O3S/c1-5-15(6-7-19-4)20(17,18)13-8-12(9-14)16(10-13)11(2)3/h8,10-11H,5-7,9,14H2,1-4H3. The molecule has 0 saturated carbocycles. The van der Waals surface area contributed by atoms with Gasteiger partial charge in [0.2, 0.25) is 10.0 Å². The average molecular weight is 303 g/mol. The highest BCUT2D eigenvalue weighted by molar-refractivity contribution is 7.89. The molecule has 0 saturated heterocycles. The molecule has 1 rings (SSSR count). The van der Waals surface area contributed by atoms with Crippen molar-refractivity contribution >= 4 is 10.0 Å². The third-order valence-corrected chi connectivity index (χ3v) is 5.15. The summed E-state index contributed by atoms with van der Waals surface area (Å²) in [6.45, 7) is 7.27. The van der Waals surface area contributed by atoms with Crippen LogP contribution in [0.2, 0.25) is 0 Å². The Morgan fingerprint density at radius 2 is 2.10 bits per heavy atom. The van der Waals surface area contributed by atoms with Crippen LogP contribution in [0.15, 0.2) is 17.2 Å². The molecule has 0 radical (unpaired) electrons. The van der Waals surface area contributed by atoms with Crippen molar-refractivity contribution in [1.82, 2.24) is 8.87 Å². The van der Waals surface area contributed by atoms with Gasteiger partial charge in [-0.3, -0.25) is 0 Å². The van der Waals surface area contributed by atoms with Crippen molar-refractivity contribution in [3.8, 4) is 0 Å². The molecule has 0 fully saturated rings. The molecular weight excluding hydrogens is 278 g/mol. The van der Waals surface area contributed by atoms with E-state index in [9.17, 15) is 8.42 Å². The summed E-state index contributed by atoms with van der Waals surface area (Å²) >= 11 is 0. The molecular formula is C13H25N3O3S. The Morgan fingerprint density at radius 3 is 2.50 bits per heavy atom. The van der Waals surface area contributed by atoms with Gasteiger partial charge in [-0.1, -0.05) is 6.92 Å². The van der Waals surface area contributed by atoms with Gasteiger partial charge in [-0.05, 0) is 19.9 Å². The van der Waals surface area contributed by atoms with Gasteiger partial charge in [0.1, 0.15) is 4.90 Å². The van der Waals surface area contributed by atoms with Gasteiger partial charge in [0.25, 0.3) is 0 Å². The first-order valence-corrected chi connectivity index (χ1v) is 8.22. The number of likely N-dealkylation sites (N-methyl/N-ethyl adjacent to an activating group) is 1. The van der Waals surface area contributed by atoms with Crippen molar-refractivity contribution in [3.05, 3.63) is 18.0 Å². The zero-order valence-corrected chi connectivity index (χ0v) is 13.5. The second-order valence-corrected chi connectivity index (χ2v) is 6.80. The maximum atomic E-state index is 12.6. The van der Waals surface area contributed by atoms with Crippen LogP contribution >= 0.6 is 0 Å². The lowest BCUT2D eigenvalue weighted by atomic mass is 10.3. The van der Waals surface area contributed by atoms with Crippen LogP contribution in [0.1, 0.15) is 32.5 Å². The molecule has 2 N–H and O–H groups in total. The highest BCUT2D eigenvalue weighted by Gasteiger charge is 2.25. The summed E-state index contributed by atoms with van der Waals surface area (Å²) in [7, 11) is -1.93. The van der Waals surface area contributed by atoms with Crippen molar-refractivity contribution in [2.75, 3.05) is 26.8 Å². The van der Waals surface area contributed by atoms with E-state index in [4.69, 9.17) is 10.5 Å². The number of methoxy groups -OCH3 is 1. The fourth-order valence-electron chi connectivity index (χ4n) is 2.07. The van der Waals surface area contributed by atoms with E-state index in [1.54, 1.807) is 19.4 Å². The maximum Gasteiger partial charge on any atom is 0.244 e. The monoisotopic (exact) mass is 303 g/mol. The first-order valence-electron chi connectivity index (χ1n) is 6.78. The van der Waals surface area contributed by atoms with Gasteiger partial charge in [0.05, 0.1) is 6.61 Å². The third-order valence-electron chi connectivity index (χ3n) is 3.21. The third kappa shape index (κ3) is 3.60. The van der Waals surface area contributed by atoms with E-state index in [0.717, 1.165) is 5.69 Å². The average Bonchev–Trinajstić information content (AvgIpc) is 2.84. The van der Waals surface area contributed by atoms with Crippen molar-refractivity contribution in [1.29, 1.82) is 0 Å². The predicted molar refractivity (Wildman–Crippen MR) is 79.0 cm³/mol. The van der Waals surface area contributed by atoms with Crippen LogP contribution in [0.3, 0.4) is 0 Å². The van der Waals surface area contributed by atoms with Crippen LogP contribution in [0.5, 0.6) is 0 Å². The number of hydrogen-bond acceptors (Lipinski definition) is 4. The number of sulfonamides is 1. The minimum Gasteiger partial charge on any atom is -0.383 e.